The van der Waals surface area contributed by atoms with Crippen molar-refractivity contribution >= 4 is 22.8 Å². The van der Waals surface area contributed by atoms with E-state index in [4.69, 9.17) is 0 Å². The van der Waals surface area contributed by atoms with Crippen molar-refractivity contribution in [1.29, 1.82) is 0 Å². The molecule has 7 nitrogen and oxygen atoms in total. The van der Waals surface area contributed by atoms with E-state index >= 15 is 0 Å². The summed E-state index contributed by atoms with van der Waals surface area (Å²) in [5.41, 5.74) is 3.06. The Bertz CT molecular complexity index is 985. The van der Waals surface area contributed by atoms with E-state index in [-0.39, 0.29) is 17.9 Å². The van der Waals surface area contributed by atoms with Gasteiger partial charge in [0.05, 0.1) is 0 Å². The van der Waals surface area contributed by atoms with Crippen LogP contribution in [-0.4, -0.2) is 56.2 Å². The number of hydrogen-bond acceptors (Lipinski definition) is 4. The lowest BCUT2D eigenvalue weighted by Gasteiger charge is -2.31. The summed E-state index contributed by atoms with van der Waals surface area (Å²) < 4.78 is 0. The molecule has 1 fully saturated rings. The van der Waals surface area contributed by atoms with Crippen LogP contribution in [0.5, 0.6) is 0 Å². The number of benzene rings is 2. The van der Waals surface area contributed by atoms with Gasteiger partial charge in [0.2, 0.25) is 5.91 Å². The monoisotopic (exact) mass is 377 g/mol. The van der Waals surface area contributed by atoms with E-state index in [1.165, 1.54) is 0 Å². The largest absolute Gasteiger partial charge is 0.336 e. The molecule has 0 aliphatic carbocycles. The Balaban J connectivity index is 1.54. The second-order valence-corrected chi connectivity index (χ2v) is 7.10. The van der Waals surface area contributed by atoms with Crippen LogP contribution in [-0.2, 0) is 11.3 Å². The minimum absolute atomic E-state index is 0.00469. The maximum Gasteiger partial charge on any atom is 0.254 e. The molecule has 1 unspecified atom stereocenters. The predicted octanol–water partition coefficient (Wildman–Crippen LogP) is 2.61. The Morgan fingerprint density at radius 1 is 1.14 bits per heavy atom. The van der Waals surface area contributed by atoms with Crippen molar-refractivity contribution in [2.45, 2.75) is 32.4 Å². The molecule has 1 N–H and O–H groups in total. The average molecular weight is 377 g/mol. The standard InChI is InChI=1S/C21H23N5O2/c1-2-17-14-25(21(28)16-8-9-18-19(12-16)23-24-22-18)11-10-20(27)26(17)13-15-6-4-3-5-7-15/h3-9,12,17H,2,10-11,13-14H2,1H3,(H,22,23,24). The molecule has 2 amide bonds. The molecule has 28 heavy (non-hydrogen) atoms. The van der Waals surface area contributed by atoms with Crippen molar-refractivity contribution < 1.29 is 9.59 Å². The number of fused-ring (bicyclic) bond motifs is 1. The van der Waals surface area contributed by atoms with E-state index in [0.717, 1.165) is 17.5 Å². The third-order valence-corrected chi connectivity index (χ3v) is 5.31. The molecule has 7 heteroatoms. The third-order valence-electron chi connectivity index (χ3n) is 5.31. The molecule has 1 aliphatic heterocycles. The quantitative estimate of drug-likeness (QED) is 0.758. The fraction of sp³-hybridized carbons (Fsp3) is 0.333. The smallest absolute Gasteiger partial charge is 0.254 e. The van der Waals surface area contributed by atoms with Crippen LogP contribution in [0.4, 0.5) is 0 Å². The molecular weight excluding hydrogens is 354 g/mol. The van der Waals surface area contributed by atoms with E-state index in [2.05, 4.69) is 22.3 Å². The molecular formula is C21H23N5O2. The van der Waals surface area contributed by atoms with E-state index in [0.29, 0.717) is 37.1 Å². The van der Waals surface area contributed by atoms with Crippen LogP contribution in [0.3, 0.4) is 0 Å². The molecule has 2 aromatic carbocycles. The number of H-pyrrole nitrogens is 1. The highest BCUT2D eigenvalue weighted by molar-refractivity contribution is 5.97. The van der Waals surface area contributed by atoms with Crippen LogP contribution in [0, 0.1) is 0 Å². The number of amides is 2. The van der Waals surface area contributed by atoms with Crippen molar-refractivity contribution in [2.75, 3.05) is 13.1 Å². The van der Waals surface area contributed by atoms with Crippen LogP contribution >= 0.6 is 0 Å². The lowest BCUT2D eigenvalue weighted by Crippen LogP contribution is -2.43. The number of nitrogens with one attached hydrogen (secondary N) is 1. The molecule has 0 saturated carbocycles. The van der Waals surface area contributed by atoms with Gasteiger partial charge in [0.15, 0.2) is 0 Å². The molecule has 1 aliphatic rings. The first kappa shape index (κ1) is 18.2. The molecule has 3 aromatic rings. The van der Waals surface area contributed by atoms with E-state index in [9.17, 15) is 9.59 Å². The fourth-order valence-electron chi connectivity index (χ4n) is 3.71. The maximum absolute atomic E-state index is 13.1. The summed E-state index contributed by atoms with van der Waals surface area (Å²) in [6, 6.07) is 15.3. The molecule has 0 bridgehead atoms. The Hall–Kier alpha value is -3.22. The van der Waals surface area contributed by atoms with E-state index in [1.54, 1.807) is 23.1 Å². The first-order chi connectivity index (χ1) is 13.7. The van der Waals surface area contributed by atoms with Crippen molar-refractivity contribution in [2.24, 2.45) is 0 Å². The van der Waals surface area contributed by atoms with Crippen molar-refractivity contribution in [3.8, 4) is 0 Å². The van der Waals surface area contributed by atoms with Crippen molar-refractivity contribution in [1.82, 2.24) is 25.2 Å². The van der Waals surface area contributed by atoms with Crippen LogP contribution in [0.1, 0.15) is 35.7 Å². The number of carbonyl (C=O) groups excluding carboxylic acids is 2. The van der Waals surface area contributed by atoms with Crippen LogP contribution in [0.25, 0.3) is 11.0 Å². The predicted molar refractivity (Wildman–Crippen MR) is 105 cm³/mol. The van der Waals surface area contributed by atoms with Gasteiger partial charge in [-0.1, -0.05) is 37.3 Å². The maximum atomic E-state index is 13.1. The molecule has 2 heterocycles. The van der Waals surface area contributed by atoms with Gasteiger partial charge in [0, 0.05) is 37.7 Å². The lowest BCUT2D eigenvalue weighted by atomic mass is 10.1. The molecule has 1 aromatic heterocycles. The van der Waals surface area contributed by atoms with Gasteiger partial charge in [0.25, 0.3) is 5.91 Å². The minimum Gasteiger partial charge on any atom is -0.336 e. The van der Waals surface area contributed by atoms with Gasteiger partial charge in [-0.25, -0.2) is 0 Å². The summed E-state index contributed by atoms with van der Waals surface area (Å²) in [4.78, 5) is 29.6. The number of aromatic amines is 1. The van der Waals surface area contributed by atoms with Crippen molar-refractivity contribution in [3.63, 3.8) is 0 Å². The zero-order valence-corrected chi connectivity index (χ0v) is 15.8. The number of hydrogen-bond donors (Lipinski definition) is 1. The zero-order valence-electron chi connectivity index (χ0n) is 15.8. The second kappa shape index (κ2) is 7.80. The summed E-state index contributed by atoms with van der Waals surface area (Å²) in [5.74, 6) is 0.0238. The molecule has 1 atom stereocenters. The topological polar surface area (TPSA) is 82.2 Å². The average Bonchev–Trinajstić information content (AvgIpc) is 3.14. The van der Waals surface area contributed by atoms with E-state index in [1.807, 2.05) is 35.2 Å². The lowest BCUT2D eigenvalue weighted by molar-refractivity contribution is -0.133. The summed E-state index contributed by atoms with van der Waals surface area (Å²) in [6.07, 6.45) is 1.13. The first-order valence-electron chi connectivity index (χ1n) is 9.59. The van der Waals surface area contributed by atoms with E-state index < -0.39 is 0 Å². The first-order valence-corrected chi connectivity index (χ1v) is 9.59. The Morgan fingerprint density at radius 2 is 1.93 bits per heavy atom. The van der Waals surface area contributed by atoms with Crippen LogP contribution in [0.2, 0.25) is 0 Å². The highest BCUT2D eigenvalue weighted by Gasteiger charge is 2.31. The summed E-state index contributed by atoms with van der Waals surface area (Å²) in [6.45, 7) is 3.59. The number of rotatable bonds is 4. The van der Waals surface area contributed by atoms with Gasteiger partial charge in [-0.3, -0.25) is 9.59 Å². The Labute approximate surface area is 163 Å². The Kier molecular flexibility index (Phi) is 5.06. The van der Waals surface area contributed by atoms with Gasteiger partial charge >= 0.3 is 0 Å². The fourth-order valence-corrected chi connectivity index (χ4v) is 3.71. The molecule has 1 saturated heterocycles. The Morgan fingerprint density at radius 3 is 2.71 bits per heavy atom. The highest BCUT2D eigenvalue weighted by atomic mass is 16.2. The number of nitrogens with zero attached hydrogens (tertiary/aromatic N) is 4. The van der Waals surface area contributed by atoms with Crippen molar-refractivity contribution in [3.05, 3.63) is 59.7 Å². The number of carbonyl (C=O) groups is 2. The minimum atomic E-state index is -0.0716. The SMILES string of the molecule is CCC1CN(C(=O)c2ccc3n[nH]nc3c2)CCC(=O)N1Cc1ccccc1. The van der Waals surface area contributed by atoms with Crippen LogP contribution < -0.4 is 0 Å². The van der Waals surface area contributed by atoms with Gasteiger partial charge in [-0.2, -0.15) is 15.4 Å². The number of aromatic nitrogens is 3. The molecule has 144 valence electrons. The van der Waals surface area contributed by atoms with Gasteiger partial charge in [0.1, 0.15) is 11.0 Å². The van der Waals surface area contributed by atoms with Gasteiger partial charge < -0.3 is 9.80 Å². The summed E-state index contributed by atoms with van der Waals surface area (Å²) in [7, 11) is 0. The summed E-state index contributed by atoms with van der Waals surface area (Å²) in [5, 5.41) is 10.6. The summed E-state index contributed by atoms with van der Waals surface area (Å²) >= 11 is 0. The second-order valence-electron chi connectivity index (χ2n) is 7.10. The van der Waals surface area contributed by atoms with Crippen LogP contribution in [0.15, 0.2) is 48.5 Å². The highest BCUT2D eigenvalue weighted by Crippen LogP contribution is 2.20. The molecule has 0 spiro atoms. The van der Waals surface area contributed by atoms with Gasteiger partial charge in [-0.15, -0.1) is 0 Å². The third kappa shape index (κ3) is 3.60. The van der Waals surface area contributed by atoms with Gasteiger partial charge in [-0.05, 0) is 30.2 Å². The zero-order chi connectivity index (χ0) is 19.5. The molecule has 0 radical (unpaired) electrons. The normalized spacial score (nSPS) is 17.8. The molecule has 4 rings (SSSR count).